The predicted molar refractivity (Wildman–Crippen MR) is 127 cm³/mol. The van der Waals surface area contributed by atoms with Gasteiger partial charge in [-0.1, -0.05) is 18.2 Å². The van der Waals surface area contributed by atoms with E-state index >= 15 is 0 Å². The van der Waals surface area contributed by atoms with Gasteiger partial charge in [-0.3, -0.25) is 9.59 Å². The Bertz CT molecular complexity index is 1430. The van der Waals surface area contributed by atoms with Gasteiger partial charge in [0.15, 0.2) is 12.4 Å². The maximum Gasteiger partial charge on any atom is 0.261 e. The molecule has 0 saturated carbocycles. The molecule has 5 aromatic rings. The van der Waals surface area contributed by atoms with Gasteiger partial charge < -0.3 is 15.6 Å². The molecule has 2 aromatic heterocycles. The van der Waals surface area contributed by atoms with Crippen molar-refractivity contribution in [1.82, 2.24) is 9.97 Å². The van der Waals surface area contributed by atoms with Crippen LogP contribution in [0.15, 0.2) is 97.3 Å². The van der Waals surface area contributed by atoms with Gasteiger partial charge in [-0.15, -0.1) is 0 Å². The number of hydrogen-bond donors (Lipinski definition) is 3. The third-order valence-corrected chi connectivity index (χ3v) is 5.16. The van der Waals surface area contributed by atoms with Crippen molar-refractivity contribution in [3.8, 4) is 11.4 Å². The van der Waals surface area contributed by atoms with Crippen molar-refractivity contribution >= 4 is 34.2 Å². The van der Waals surface area contributed by atoms with Gasteiger partial charge in [0.1, 0.15) is 11.4 Å². The highest BCUT2D eigenvalue weighted by atomic mass is 16.2. The van der Waals surface area contributed by atoms with Crippen molar-refractivity contribution in [2.75, 3.05) is 10.6 Å². The summed E-state index contributed by atoms with van der Waals surface area (Å²) >= 11 is 0. The molecule has 0 aliphatic rings. The Hall–Kier alpha value is -4.78. The van der Waals surface area contributed by atoms with E-state index in [0.29, 0.717) is 28.3 Å². The van der Waals surface area contributed by atoms with Crippen LogP contribution in [0.5, 0.6) is 0 Å². The summed E-state index contributed by atoms with van der Waals surface area (Å²) in [5.41, 5.74) is 5.01. The molecule has 4 N–H and O–H groups in total. The molecular weight excluding hydrogens is 414 g/mol. The first kappa shape index (κ1) is 20.1. The number of fused-ring (bicyclic) bond motifs is 1. The van der Waals surface area contributed by atoms with Crippen molar-refractivity contribution < 1.29 is 14.6 Å². The highest BCUT2D eigenvalue weighted by molar-refractivity contribution is 6.05. The van der Waals surface area contributed by atoms with Crippen LogP contribution >= 0.6 is 0 Å². The molecule has 0 fully saturated rings. The maximum atomic E-state index is 12.4. The molecule has 2 amide bonds. The van der Waals surface area contributed by atoms with Crippen LogP contribution in [0.1, 0.15) is 20.7 Å². The number of hydrogen-bond acceptors (Lipinski definition) is 3. The zero-order chi connectivity index (χ0) is 22.6. The molecule has 0 unspecified atom stereocenters. The number of amides is 2. The Kier molecular flexibility index (Phi) is 5.35. The van der Waals surface area contributed by atoms with E-state index < -0.39 is 0 Å². The predicted octanol–water partition coefficient (Wildman–Crippen LogP) is 4.55. The molecule has 0 spiro atoms. The van der Waals surface area contributed by atoms with Crippen molar-refractivity contribution in [3.05, 3.63) is 108 Å². The quantitative estimate of drug-likeness (QED) is 0.378. The monoisotopic (exact) mass is 434 g/mol. The van der Waals surface area contributed by atoms with Gasteiger partial charge in [0.2, 0.25) is 0 Å². The van der Waals surface area contributed by atoms with E-state index in [-0.39, 0.29) is 11.8 Å². The van der Waals surface area contributed by atoms with Crippen LogP contribution in [0.25, 0.3) is 22.4 Å². The summed E-state index contributed by atoms with van der Waals surface area (Å²) in [5.74, 6) is 0.348. The first-order chi connectivity index (χ1) is 16.2. The van der Waals surface area contributed by atoms with E-state index in [0.717, 1.165) is 16.6 Å². The number of aromatic amines is 2. The Morgan fingerprint density at radius 1 is 0.758 bits per heavy atom. The van der Waals surface area contributed by atoms with E-state index in [1.54, 1.807) is 36.7 Å². The topological polar surface area (TPSA) is 101 Å². The average molecular weight is 434 g/mol. The van der Waals surface area contributed by atoms with Crippen LogP contribution in [-0.4, -0.2) is 21.8 Å². The molecule has 0 atom stereocenters. The van der Waals surface area contributed by atoms with Crippen LogP contribution in [-0.2, 0) is 0 Å². The number of imidazole rings is 1. The number of nitrogens with one attached hydrogen (secondary N) is 4. The summed E-state index contributed by atoms with van der Waals surface area (Å²) in [6, 6.07) is 25.6. The molecule has 0 aliphatic heterocycles. The van der Waals surface area contributed by atoms with Crippen LogP contribution in [0.2, 0.25) is 0 Å². The number of aromatic nitrogens is 3. The van der Waals surface area contributed by atoms with Crippen molar-refractivity contribution in [1.29, 1.82) is 0 Å². The lowest BCUT2D eigenvalue weighted by atomic mass is 10.2. The summed E-state index contributed by atoms with van der Waals surface area (Å²) < 4.78 is 0. The molecule has 7 nitrogen and oxygen atoms in total. The Balaban J connectivity index is 1.31. The largest absolute Gasteiger partial charge is 0.338 e. The standard InChI is InChI=1S/C26H19N5O2/c32-25(18-5-2-1-3-6-18)29-21-12-13-22-23(15-21)31-24(30-22)17-8-10-20(11-9-17)28-26(33)19-7-4-14-27-16-19/h1-16H,(H,28,33)(H,29,32)(H,30,31)/p+1. The molecular formula is C26H20N5O2+. The van der Waals surface area contributed by atoms with Crippen LogP contribution < -0.4 is 15.6 Å². The Morgan fingerprint density at radius 3 is 2.21 bits per heavy atom. The van der Waals surface area contributed by atoms with Gasteiger partial charge in [0, 0.05) is 28.6 Å². The number of anilines is 2. The van der Waals surface area contributed by atoms with Gasteiger partial charge in [-0.25, -0.2) is 9.97 Å². The molecule has 0 saturated heterocycles. The molecule has 0 bridgehead atoms. The lowest BCUT2D eigenvalue weighted by Crippen LogP contribution is -2.14. The SMILES string of the molecule is O=C(Nc1ccc2nc(-c3ccc(NC(=O)c4ccc[nH+]c4)cc3)[nH]c2c1)c1ccccc1. The maximum absolute atomic E-state index is 12.4. The lowest BCUT2D eigenvalue weighted by molar-refractivity contribution is -0.378. The van der Waals surface area contributed by atoms with E-state index in [1.807, 2.05) is 60.7 Å². The second-order valence-corrected chi connectivity index (χ2v) is 7.46. The summed E-state index contributed by atoms with van der Waals surface area (Å²) in [7, 11) is 0. The Labute approximate surface area is 189 Å². The highest BCUT2D eigenvalue weighted by Crippen LogP contribution is 2.24. The van der Waals surface area contributed by atoms with Gasteiger partial charge in [0.25, 0.3) is 11.8 Å². The van der Waals surface area contributed by atoms with Crippen molar-refractivity contribution in [2.45, 2.75) is 0 Å². The van der Waals surface area contributed by atoms with Crippen LogP contribution in [0.3, 0.4) is 0 Å². The average Bonchev–Trinajstić information content (AvgIpc) is 3.29. The summed E-state index contributed by atoms with van der Waals surface area (Å²) in [6.07, 6.45) is 3.40. The summed E-state index contributed by atoms with van der Waals surface area (Å²) in [5, 5.41) is 5.78. The number of carbonyl (C=O) groups is 2. The number of pyridine rings is 1. The van der Waals surface area contributed by atoms with Crippen LogP contribution in [0.4, 0.5) is 11.4 Å². The first-order valence-corrected chi connectivity index (χ1v) is 10.4. The zero-order valence-corrected chi connectivity index (χ0v) is 17.5. The zero-order valence-electron chi connectivity index (χ0n) is 17.5. The van der Waals surface area contributed by atoms with E-state index in [1.165, 1.54) is 0 Å². The number of rotatable bonds is 5. The van der Waals surface area contributed by atoms with Crippen LogP contribution in [0, 0.1) is 0 Å². The second kappa shape index (κ2) is 8.76. The Morgan fingerprint density at radius 2 is 1.45 bits per heavy atom. The first-order valence-electron chi connectivity index (χ1n) is 10.4. The lowest BCUT2D eigenvalue weighted by Gasteiger charge is -2.05. The minimum atomic E-state index is -0.187. The fraction of sp³-hybridized carbons (Fsp3) is 0. The van der Waals surface area contributed by atoms with E-state index in [4.69, 9.17) is 0 Å². The number of carbonyl (C=O) groups excluding carboxylic acids is 2. The number of benzene rings is 3. The second-order valence-electron chi connectivity index (χ2n) is 7.46. The van der Waals surface area contributed by atoms with Gasteiger partial charge in [-0.05, 0) is 60.7 Å². The minimum Gasteiger partial charge on any atom is -0.338 e. The van der Waals surface area contributed by atoms with Gasteiger partial charge in [-0.2, -0.15) is 0 Å². The molecule has 0 radical (unpaired) electrons. The third-order valence-electron chi connectivity index (χ3n) is 5.16. The molecule has 5 rings (SSSR count). The molecule has 7 heteroatoms. The summed E-state index contributed by atoms with van der Waals surface area (Å²) in [4.78, 5) is 35.5. The third kappa shape index (κ3) is 4.47. The van der Waals surface area contributed by atoms with E-state index in [2.05, 4.69) is 25.6 Å². The summed E-state index contributed by atoms with van der Waals surface area (Å²) in [6.45, 7) is 0. The normalized spacial score (nSPS) is 10.7. The highest BCUT2D eigenvalue weighted by Gasteiger charge is 2.11. The minimum absolute atomic E-state index is 0.166. The molecule has 3 aromatic carbocycles. The van der Waals surface area contributed by atoms with Gasteiger partial charge in [0.05, 0.1) is 11.0 Å². The molecule has 0 aliphatic carbocycles. The molecule has 33 heavy (non-hydrogen) atoms. The fourth-order valence-electron chi connectivity index (χ4n) is 3.47. The van der Waals surface area contributed by atoms with E-state index in [9.17, 15) is 9.59 Å². The fourth-order valence-corrected chi connectivity index (χ4v) is 3.47. The van der Waals surface area contributed by atoms with Gasteiger partial charge >= 0.3 is 0 Å². The smallest absolute Gasteiger partial charge is 0.261 e. The number of H-pyrrole nitrogens is 2. The molecule has 160 valence electrons. The number of nitrogens with zero attached hydrogens (tertiary/aromatic N) is 1. The molecule has 2 heterocycles. The van der Waals surface area contributed by atoms with Crippen molar-refractivity contribution in [2.24, 2.45) is 0 Å². The van der Waals surface area contributed by atoms with Crippen molar-refractivity contribution in [3.63, 3.8) is 0 Å².